The molecule has 15 heavy (non-hydrogen) atoms. The minimum absolute atomic E-state index is 1.15. The predicted molar refractivity (Wildman–Crippen MR) is 64.3 cm³/mol. The quantitative estimate of drug-likeness (QED) is 0.691. The molecule has 1 aromatic heterocycles. The lowest BCUT2D eigenvalue weighted by Gasteiger charge is -2.00. The molecule has 2 heteroatoms. The summed E-state index contributed by atoms with van der Waals surface area (Å²) in [6, 6.07) is 8.35. The molecule has 0 aliphatic rings. The monoisotopic (exact) mass is 202 g/mol. The molecule has 0 unspecified atom stereocenters. The van der Waals surface area contributed by atoms with Gasteiger partial charge in [0, 0.05) is 18.1 Å². The molecule has 2 rings (SSSR count). The second-order valence-corrected chi connectivity index (χ2v) is 3.51. The van der Waals surface area contributed by atoms with Crippen LogP contribution in [0.25, 0.3) is 5.69 Å². The van der Waals surface area contributed by atoms with Crippen molar-refractivity contribution < 1.29 is 0 Å². The molecule has 0 atom stereocenters. The maximum Gasteiger partial charge on any atom is 0.0991 e. The Morgan fingerprint density at radius 3 is 2.20 bits per heavy atom. The third-order valence-corrected chi connectivity index (χ3v) is 1.84. The van der Waals surface area contributed by atoms with E-state index in [1.807, 2.05) is 10.8 Å². The van der Waals surface area contributed by atoms with E-state index in [4.69, 9.17) is 0 Å². The van der Waals surface area contributed by atoms with E-state index in [-0.39, 0.29) is 0 Å². The zero-order chi connectivity index (χ0) is 11.1. The molecule has 80 valence electrons. The van der Waals surface area contributed by atoms with Gasteiger partial charge in [-0.05, 0) is 19.1 Å². The molecule has 0 radical (unpaired) electrons. The SMILES string of the molecule is CCC.Cc1ccc(-n2ccnc2)cc1. The van der Waals surface area contributed by atoms with Crippen LogP contribution < -0.4 is 0 Å². The summed E-state index contributed by atoms with van der Waals surface area (Å²) < 4.78 is 1.99. The van der Waals surface area contributed by atoms with Crippen molar-refractivity contribution >= 4 is 0 Å². The molecule has 0 amide bonds. The molecule has 1 heterocycles. The van der Waals surface area contributed by atoms with Gasteiger partial charge in [-0.2, -0.15) is 0 Å². The number of imidazole rings is 1. The van der Waals surface area contributed by atoms with Crippen LogP contribution in [0.5, 0.6) is 0 Å². The van der Waals surface area contributed by atoms with E-state index in [1.165, 1.54) is 12.0 Å². The average molecular weight is 202 g/mol. The lowest BCUT2D eigenvalue weighted by Crippen LogP contribution is -1.88. The molecule has 0 N–H and O–H groups in total. The van der Waals surface area contributed by atoms with E-state index in [9.17, 15) is 0 Å². The van der Waals surface area contributed by atoms with Crippen LogP contribution in [0.2, 0.25) is 0 Å². The second kappa shape index (κ2) is 6.02. The minimum atomic E-state index is 1.15. The molecule has 0 saturated heterocycles. The summed E-state index contributed by atoms with van der Waals surface area (Å²) in [6.45, 7) is 6.33. The van der Waals surface area contributed by atoms with Gasteiger partial charge >= 0.3 is 0 Å². The van der Waals surface area contributed by atoms with E-state index in [1.54, 1.807) is 12.5 Å². The molecule has 0 bridgehead atoms. The molecule has 1 aromatic carbocycles. The summed E-state index contributed by atoms with van der Waals surface area (Å²) in [6.07, 6.45) is 6.76. The van der Waals surface area contributed by atoms with Crippen LogP contribution in [0.4, 0.5) is 0 Å². The van der Waals surface area contributed by atoms with Gasteiger partial charge in [-0.25, -0.2) is 4.98 Å². The molecule has 0 fully saturated rings. The Hall–Kier alpha value is -1.57. The van der Waals surface area contributed by atoms with E-state index in [0.717, 1.165) is 5.69 Å². The first kappa shape index (κ1) is 11.5. The van der Waals surface area contributed by atoms with Gasteiger partial charge in [0.15, 0.2) is 0 Å². The highest BCUT2D eigenvalue weighted by Crippen LogP contribution is 2.07. The van der Waals surface area contributed by atoms with E-state index in [2.05, 4.69) is 50.0 Å². The van der Waals surface area contributed by atoms with Crippen LogP contribution in [0, 0.1) is 6.92 Å². The van der Waals surface area contributed by atoms with Gasteiger partial charge in [-0.1, -0.05) is 38.0 Å². The molecule has 2 nitrogen and oxygen atoms in total. The van der Waals surface area contributed by atoms with E-state index >= 15 is 0 Å². The van der Waals surface area contributed by atoms with Crippen molar-refractivity contribution in [3.63, 3.8) is 0 Å². The standard InChI is InChI=1S/C10H10N2.C3H8/c1-9-2-4-10(5-3-9)12-7-6-11-8-12;1-3-2/h2-8H,1H3;3H2,1-2H3. The fraction of sp³-hybridized carbons (Fsp3) is 0.308. The average Bonchev–Trinajstić information content (AvgIpc) is 2.73. The lowest BCUT2D eigenvalue weighted by molar-refractivity contribution is 1.06. The van der Waals surface area contributed by atoms with Crippen molar-refractivity contribution in [1.29, 1.82) is 0 Å². The van der Waals surface area contributed by atoms with Crippen LogP contribution in [0.3, 0.4) is 0 Å². The van der Waals surface area contributed by atoms with Gasteiger partial charge in [-0.3, -0.25) is 0 Å². The number of hydrogen-bond donors (Lipinski definition) is 0. The maximum atomic E-state index is 3.98. The fourth-order valence-corrected chi connectivity index (χ4v) is 1.13. The molecular weight excluding hydrogens is 184 g/mol. The maximum absolute atomic E-state index is 3.98. The van der Waals surface area contributed by atoms with Crippen molar-refractivity contribution in [3.8, 4) is 5.69 Å². The molecule has 0 saturated carbocycles. The largest absolute Gasteiger partial charge is 0.306 e. The Bertz CT molecular complexity index is 360. The van der Waals surface area contributed by atoms with Crippen molar-refractivity contribution in [3.05, 3.63) is 48.5 Å². The van der Waals surface area contributed by atoms with Crippen LogP contribution in [-0.4, -0.2) is 9.55 Å². The van der Waals surface area contributed by atoms with Crippen molar-refractivity contribution in [1.82, 2.24) is 9.55 Å². The van der Waals surface area contributed by atoms with Crippen molar-refractivity contribution in [2.75, 3.05) is 0 Å². The molecule has 0 aliphatic heterocycles. The number of aryl methyl sites for hydroxylation is 1. The number of rotatable bonds is 1. The van der Waals surface area contributed by atoms with Crippen LogP contribution in [0.1, 0.15) is 25.8 Å². The third kappa shape index (κ3) is 3.58. The Kier molecular flexibility index (Phi) is 4.61. The fourth-order valence-electron chi connectivity index (χ4n) is 1.13. The van der Waals surface area contributed by atoms with Gasteiger partial charge in [0.25, 0.3) is 0 Å². The first-order valence-electron chi connectivity index (χ1n) is 5.33. The second-order valence-electron chi connectivity index (χ2n) is 3.51. The normalized spacial score (nSPS) is 9.27. The van der Waals surface area contributed by atoms with E-state index in [0.29, 0.717) is 0 Å². The Morgan fingerprint density at radius 2 is 1.73 bits per heavy atom. The first-order valence-corrected chi connectivity index (χ1v) is 5.33. The van der Waals surface area contributed by atoms with Gasteiger partial charge in [0.05, 0.1) is 6.33 Å². The topological polar surface area (TPSA) is 17.8 Å². The highest BCUT2D eigenvalue weighted by atomic mass is 15.0. The van der Waals surface area contributed by atoms with Gasteiger partial charge in [-0.15, -0.1) is 0 Å². The molecular formula is C13H18N2. The summed E-state index contributed by atoms with van der Waals surface area (Å²) in [5.41, 5.74) is 2.43. The molecule has 0 aliphatic carbocycles. The Labute approximate surface area is 91.6 Å². The number of benzene rings is 1. The Balaban J connectivity index is 0.000000337. The van der Waals surface area contributed by atoms with Gasteiger partial charge in [0.2, 0.25) is 0 Å². The summed E-state index contributed by atoms with van der Waals surface area (Å²) in [7, 11) is 0. The lowest BCUT2D eigenvalue weighted by atomic mass is 10.2. The Morgan fingerprint density at radius 1 is 1.13 bits per heavy atom. The van der Waals surface area contributed by atoms with Crippen molar-refractivity contribution in [2.24, 2.45) is 0 Å². The smallest absolute Gasteiger partial charge is 0.0991 e. The third-order valence-electron chi connectivity index (χ3n) is 1.84. The van der Waals surface area contributed by atoms with Crippen LogP contribution >= 0.6 is 0 Å². The summed E-state index contributed by atoms with van der Waals surface area (Å²) in [5, 5.41) is 0. The summed E-state index contributed by atoms with van der Waals surface area (Å²) >= 11 is 0. The van der Waals surface area contributed by atoms with E-state index < -0.39 is 0 Å². The van der Waals surface area contributed by atoms with Gasteiger partial charge < -0.3 is 4.57 Å². The van der Waals surface area contributed by atoms with Crippen LogP contribution in [-0.2, 0) is 0 Å². The van der Waals surface area contributed by atoms with Crippen molar-refractivity contribution in [2.45, 2.75) is 27.2 Å². The molecule has 2 aromatic rings. The van der Waals surface area contributed by atoms with Gasteiger partial charge in [0.1, 0.15) is 0 Å². The number of nitrogens with zero attached hydrogens (tertiary/aromatic N) is 2. The summed E-state index contributed by atoms with van der Waals surface area (Å²) in [4.78, 5) is 3.98. The highest BCUT2D eigenvalue weighted by Gasteiger charge is 1.92. The number of hydrogen-bond acceptors (Lipinski definition) is 1. The zero-order valence-electron chi connectivity index (χ0n) is 9.64. The zero-order valence-corrected chi connectivity index (χ0v) is 9.64. The predicted octanol–water partition coefficient (Wildman–Crippen LogP) is 3.60. The number of aromatic nitrogens is 2. The van der Waals surface area contributed by atoms with Crippen LogP contribution in [0.15, 0.2) is 43.0 Å². The highest BCUT2D eigenvalue weighted by molar-refractivity contribution is 5.33. The summed E-state index contributed by atoms with van der Waals surface area (Å²) in [5.74, 6) is 0. The minimum Gasteiger partial charge on any atom is -0.306 e. The first-order chi connectivity index (χ1) is 7.27. The molecule has 0 spiro atoms.